The molecule has 0 fully saturated rings. The molecule has 0 aliphatic carbocycles. The highest BCUT2D eigenvalue weighted by atomic mass is 35.5. The lowest BCUT2D eigenvalue weighted by atomic mass is 9.95. The minimum Gasteiger partial charge on any atom is -0.358 e. The minimum absolute atomic E-state index is 0.531. The number of aromatic nitrogens is 1. The van der Waals surface area contributed by atoms with Crippen molar-refractivity contribution in [2.45, 2.75) is 33.6 Å². The molecule has 1 aliphatic rings. The van der Waals surface area contributed by atoms with Crippen LogP contribution in [-0.4, -0.2) is 10.7 Å². The molecular weight excluding hydrogens is 304 g/mol. The van der Waals surface area contributed by atoms with Gasteiger partial charge in [-0.15, -0.1) is 11.6 Å². The molecule has 0 bridgehead atoms. The summed E-state index contributed by atoms with van der Waals surface area (Å²) in [6.45, 7) is 8.38. The SMILES string of the molecule is CC1=CC(C)=N/C1=C(/c1ccc(CCl)cc1)c1[nH]c(C)cc1C. The zero-order valence-corrected chi connectivity index (χ0v) is 14.8. The molecule has 0 unspecified atom stereocenters. The molecule has 1 N–H and O–H groups in total. The maximum absolute atomic E-state index is 5.92. The first-order valence-corrected chi connectivity index (χ1v) is 8.33. The van der Waals surface area contributed by atoms with Crippen LogP contribution in [0.15, 0.2) is 52.7 Å². The lowest BCUT2D eigenvalue weighted by molar-refractivity contribution is 1.21. The molecule has 1 aliphatic heterocycles. The molecule has 1 aromatic carbocycles. The number of aliphatic imine (C=N–C) groups is 1. The van der Waals surface area contributed by atoms with Gasteiger partial charge in [0, 0.05) is 22.9 Å². The van der Waals surface area contributed by atoms with Crippen LogP contribution in [0.2, 0.25) is 0 Å². The summed E-state index contributed by atoms with van der Waals surface area (Å²) >= 11 is 5.92. The number of halogens is 1. The molecule has 23 heavy (non-hydrogen) atoms. The van der Waals surface area contributed by atoms with E-state index in [1.54, 1.807) is 0 Å². The van der Waals surface area contributed by atoms with Gasteiger partial charge in [-0.05, 0) is 62.1 Å². The van der Waals surface area contributed by atoms with Crippen LogP contribution in [0, 0.1) is 13.8 Å². The monoisotopic (exact) mass is 324 g/mol. The topological polar surface area (TPSA) is 28.1 Å². The Bertz CT molecular complexity index is 833. The number of aryl methyl sites for hydroxylation is 2. The minimum atomic E-state index is 0.531. The van der Waals surface area contributed by atoms with Crippen LogP contribution in [0.5, 0.6) is 0 Å². The number of allylic oxidation sites excluding steroid dienone is 2. The summed E-state index contributed by atoms with van der Waals surface area (Å²) in [7, 11) is 0. The third-order valence-corrected chi connectivity index (χ3v) is 4.43. The predicted octanol–water partition coefficient (Wildman–Crippen LogP) is 5.55. The van der Waals surface area contributed by atoms with Gasteiger partial charge in [0.1, 0.15) is 0 Å². The first-order valence-electron chi connectivity index (χ1n) is 7.79. The van der Waals surface area contributed by atoms with Crippen LogP contribution in [0.1, 0.15) is 41.9 Å². The smallest absolute Gasteiger partial charge is 0.0761 e. The van der Waals surface area contributed by atoms with Gasteiger partial charge >= 0.3 is 0 Å². The van der Waals surface area contributed by atoms with Gasteiger partial charge in [-0.25, -0.2) is 0 Å². The molecule has 2 heterocycles. The van der Waals surface area contributed by atoms with Crippen molar-refractivity contribution in [1.29, 1.82) is 0 Å². The van der Waals surface area contributed by atoms with Gasteiger partial charge in [0.15, 0.2) is 0 Å². The lowest BCUT2D eigenvalue weighted by Crippen LogP contribution is -1.96. The van der Waals surface area contributed by atoms with Crippen molar-refractivity contribution in [3.63, 3.8) is 0 Å². The number of rotatable bonds is 3. The zero-order chi connectivity index (χ0) is 16.6. The molecule has 1 aromatic heterocycles. The molecule has 0 radical (unpaired) electrons. The number of nitrogens with one attached hydrogen (secondary N) is 1. The molecule has 2 nitrogen and oxygen atoms in total. The average Bonchev–Trinajstić information content (AvgIpc) is 3.02. The number of alkyl halides is 1. The van der Waals surface area contributed by atoms with Gasteiger partial charge in [-0.3, -0.25) is 4.99 Å². The number of hydrogen-bond donors (Lipinski definition) is 1. The van der Waals surface area contributed by atoms with Crippen molar-refractivity contribution in [3.05, 3.63) is 75.8 Å². The first-order chi connectivity index (χ1) is 11.0. The maximum atomic E-state index is 5.92. The van der Waals surface area contributed by atoms with Crippen LogP contribution >= 0.6 is 11.6 Å². The van der Waals surface area contributed by atoms with Crippen LogP contribution in [-0.2, 0) is 5.88 Å². The lowest BCUT2D eigenvalue weighted by Gasteiger charge is -2.12. The molecule has 0 atom stereocenters. The number of hydrogen-bond acceptors (Lipinski definition) is 1. The first kappa shape index (κ1) is 15.8. The van der Waals surface area contributed by atoms with E-state index >= 15 is 0 Å². The molecule has 2 aromatic rings. The predicted molar refractivity (Wildman–Crippen MR) is 99.2 cm³/mol. The molecule has 0 amide bonds. The Morgan fingerprint density at radius 3 is 2.26 bits per heavy atom. The Kier molecular flexibility index (Phi) is 4.27. The third kappa shape index (κ3) is 3.04. The maximum Gasteiger partial charge on any atom is 0.0761 e. The van der Waals surface area contributed by atoms with Crippen molar-refractivity contribution < 1.29 is 0 Å². The van der Waals surface area contributed by atoms with Crippen LogP contribution < -0.4 is 0 Å². The Morgan fingerprint density at radius 1 is 1.09 bits per heavy atom. The van der Waals surface area contributed by atoms with Gasteiger partial charge in [-0.1, -0.05) is 24.3 Å². The van der Waals surface area contributed by atoms with E-state index in [0.29, 0.717) is 5.88 Å². The second kappa shape index (κ2) is 6.21. The summed E-state index contributed by atoms with van der Waals surface area (Å²) in [6.07, 6.45) is 2.13. The highest BCUT2D eigenvalue weighted by molar-refractivity contribution is 6.17. The summed E-state index contributed by atoms with van der Waals surface area (Å²) in [6, 6.07) is 10.6. The summed E-state index contributed by atoms with van der Waals surface area (Å²) in [5, 5.41) is 0. The summed E-state index contributed by atoms with van der Waals surface area (Å²) < 4.78 is 0. The molecule has 0 saturated carbocycles. The van der Waals surface area contributed by atoms with Crippen LogP contribution in [0.3, 0.4) is 0 Å². The van der Waals surface area contributed by atoms with E-state index in [9.17, 15) is 0 Å². The van der Waals surface area contributed by atoms with Crippen molar-refractivity contribution in [2.75, 3.05) is 0 Å². The van der Waals surface area contributed by atoms with Gasteiger partial charge in [0.25, 0.3) is 0 Å². The normalized spacial score (nSPS) is 16.4. The standard InChI is InChI=1S/C20H21ClN2/c1-12-9-14(3)22-19(12)18(20-13(2)10-15(4)23-20)17-7-5-16(11-21)6-8-17/h5-10,22H,11H2,1-4H3/b20-18-. The Labute approximate surface area is 142 Å². The summed E-state index contributed by atoms with van der Waals surface area (Å²) in [5.41, 5.74) is 10.3. The zero-order valence-electron chi connectivity index (χ0n) is 14.0. The third-order valence-electron chi connectivity index (χ3n) is 4.12. The highest BCUT2D eigenvalue weighted by Crippen LogP contribution is 2.35. The van der Waals surface area contributed by atoms with Gasteiger partial charge in [0.05, 0.1) is 11.4 Å². The van der Waals surface area contributed by atoms with E-state index in [-0.39, 0.29) is 0 Å². The fourth-order valence-electron chi connectivity index (χ4n) is 3.08. The highest BCUT2D eigenvalue weighted by Gasteiger charge is 2.19. The van der Waals surface area contributed by atoms with E-state index in [4.69, 9.17) is 16.6 Å². The van der Waals surface area contributed by atoms with Crippen molar-refractivity contribution in [3.8, 4) is 0 Å². The Morgan fingerprint density at radius 2 is 1.78 bits per heavy atom. The van der Waals surface area contributed by atoms with Gasteiger partial charge < -0.3 is 4.98 Å². The molecule has 3 rings (SSSR count). The number of H-pyrrole nitrogens is 1. The average molecular weight is 325 g/mol. The van der Waals surface area contributed by atoms with Crippen molar-refractivity contribution in [1.82, 2.24) is 4.98 Å². The van der Waals surface area contributed by atoms with E-state index < -0.39 is 0 Å². The number of benzene rings is 1. The molecule has 0 saturated heterocycles. The molecule has 118 valence electrons. The van der Waals surface area contributed by atoms with E-state index in [0.717, 1.165) is 39.5 Å². The largest absolute Gasteiger partial charge is 0.358 e. The second-order valence-electron chi connectivity index (χ2n) is 6.15. The summed E-state index contributed by atoms with van der Waals surface area (Å²) in [4.78, 5) is 8.28. The van der Waals surface area contributed by atoms with E-state index in [1.807, 2.05) is 6.92 Å². The van der Waals surface area contributed by atoms with Gasteiger partial charge in [-0.2, -0.15) is 0 Å². The van der Waals surface area contributed by atoms with Crippen molar-refractivity contribution >= 4 is 22.9 Å². The Hall–Kier alpha value is -2.06. The van der Waals surface area contributed by atoms with Crippen molar-refractivity contribution in [2.24, 2.45) is 4.99 Å². The second-order valence-corrected chi connectivity index (χ2v) is 6.41. The molecule has 0 spiro atoms. The fraction of sp³-hybridized carbons (Fsp3) is 0.250. The van der Waals surface area contributed by atoms with Crippen LogP contribution in [0.25, 0.3) is 5.57 Å². The van der Waals surface area contributed by atoms with Gasteiger partial charge in [0.2, 0.25) is 0 Å². The fourth-order valence-corrected chi connectivity index (χ4v) is 3.26. The number of aromatic amines is 1. The molecule has 3 heteroatoms. The van der Waals surface area contributed by atoms with Crippen LogP contribution in [0.4, 0.5) is 0 Å². The Balaban J connectivity index is 2.25. The number of nitrogens with zero attached hydrogens (tertiary/aromatic N) is 1. The quantitative estimate of drug-likeness (QED) is 0.717. The van der Waals surface area contributed by atoms with E-state index in [2.05, 4.69) is 62.2 Å². The van der Waals surface area contributed by atoms with E-state index in [1.165, 1.54) is 11.1 Å². The molecular formula is C20H21ClN2. The summed E-state index contributed by atoms with van der Waals surface area (Å²) in [5.74, 6) is 0.531.